The monoisotopic (exact) mass is 268 g/mol. The molecule has 1 aliphatic rings. The van der Waals surface area contributed by atoms with Crippen molar-refractivity contribution in [2.75, 3.05) is 19.6 Å². The Labute approximate surface area is 111 Å². The van der Waals surface area contributed by atoms with E-state index in [0.717, 1.165) is 25.9 Å². The van der Waals surface area contributed by atoms with E-state index in [1.165, 1.54) is 18.2 Å². The molecule has 5 heteroatoms. The Morgan fingerprint density at radius 1 is 1.56 bits per heavy atom. The van der Waals surface area contributed by atoms with Gasteiger partial charge in [-0.1, -0.05) is 11.6 Å². The van der Waals surface area contributed by atoms with Gasteiger partial charge in [0.25, 0.3) is 5.91 Å². The molecule has 1 atom stereocenters. The number of hydrogen-bond acceptors (Lipinski definition) is 3. The average molecular weight is 269 g/mol. The van der Waals surface area contributed by atoms with E-state index in [-0.39, 0.29) is 11.7 Å². The van der Waals surface area contributed by atoms with Gasteiger partial charge in [-0.15, -0.1) is 0 Å². The zero-order chi connectivity index (χ0) is 13.1. The summed E-state index contributed by atoms with van der Waals surface area (Å²) < 4.78 is 0. The lowest BCUT2D eigenvalue weighted by molar-refractivity contribution is 0.0786. The minimum atomic E-state index is -0.115. The molecule has 1 saturated heterocycles. The van der Waals surface area contributed by atoms with E-state index < -0.39 is 0 Å². The van der Waals surface area contributed by atoms with Gasteiger partial charge in [0.05, 0.1) is 10.6 Å². The quantitative estimate of drug-likeness (QED) is 0.879. The number of amides is 1. The first-order valence-electron chi connectivity index (χ1n) is 6.09. The van der Waals surface area contributed by atoms with Crippen LogP contribution in [0.1, 0.15) is 23.2 Å². The van der Waals surface area contributed by atoms with Gasteiger partial charge in [-0.25, -0.2) is 0 Å². The number of rotatable bonds is 3. The Morgan fingerprint density at radius 3 is 3.06 bits per heavy atom. The summed E-state index contributed by atoms with van der Waals surface area (Å²) in [4.78, 5) is 14.0. The highest BCUT2D eigenvalue weighted by atomic mass is 35.5. The maximum absolute atomic E-state index is 12.3. The second-order valence-electron chi connectivity index (χ2n) is 4.65. The van der Waals surface area contributed by atoms with E-state index in [1.807, 2.05) is 0 Å². The number of halogens is 1. The van der Waals surface area contributed by atoms with E-state index in [4.69, 9.17) is 17.3 Å². The van der Waals surface area contributed by atoms with Gasteiger partial charge in [0, 0.05) is 13.1 Å². The van der Waals surface area contributed by atoms with Crippen LogP contribution in [-0.2, 0) is 0 Å². The van der Waals surface area contributed by atoms with E-state index >= 15 is 0 Å². The number of hydrogen-bond donors (Lipinski definition) is 2. The van der Waals surface area contributed by atoms with Crippen molar-refractivity contribution in [2.45, 2.75) is 12.8 Å². The summed E-state index contributed by atoms with van der Waals surface area (Å²) in [5.74, 6) is 0.422. The molecule has 18 heavy (non-hydrogen) atoms. The van der Waals surface area contributed by atoms with Crippen LogP contribution in [0, 0.1) is 5.92 Å². The molecule has 3 N–H and O–H groups in total. The molecule has 2 rings (SSSR count). The molecule has 0 spiro atoms. The van der Waals surface area contributed by atoms with Crippen LogP contribution in [0.2, 0.25) is 5.02 Å². The molecule has 0 bridgehead atoms. The molecule has 98 valence electrons. The zero-order valence-electron chi connectivity index (χ0n) is 10.1. The fourth-order valence-corrected chi connectivity index (χ4v) is 2.53. The first kappa shape index (κ1) is 13.2. The summed E-state index contributed by atoms with van der Waals surface area (Å²) in [6.07, 6.45) is 1.93. The van der Waals surface area contributed by atoms with Crippen LogP contribution >= 0.6 is 11.6 Å². The van der Waals surface area contributed by atoms with E-state index in [0.29, 0.717) is 23.0 Å². The van der Waals surface area contributed by atoms with Gasteiger partial charge in [-0.2, -0.15) is 0 Å². The summed E-state index contributed by atoms with van der Waals surface area (Å²) in [5.41, 5.74) is 5.89. The van der Waals surface area contributed by atoms with Gasteiger partial charge in [0.1, 0.15) is 5.75 Å². The van der Waals surface area contributed by atoms with Gasteiger partial charge in [-0.3, -0.25) is 4.79 Å². The van der Waals surface area contributed by atoms with Crippen LogP contribution in [0.15, 0.2) is 18.2 Å². The summed E-state index contributed by atoms with van der Waals surface area (Å²) in [6.45, 7) is 2.11. The van der Waals surface area contributed by atoms with Gasteiger partial charge >= 0.3 is 0 Å². The highest BCUT2D eigenvalue weighted by Gasteiger charge is 2.27. The first-order valence-corrected chi connectivity index (χ1v) is 6.47. The number of likely N-dealkylation sites (tertiary alicyclic amines) is 1. The van der Waals surface area contributed by atoms with E-state index in [9.17, 15) is 9.90 Å². The largest absolute Gasteiger partial charge is 0.508 e. The van der Waals surface area contributed by atoms with Crippen molar-refractivity contribution < 1.29 is 9.90 Å². The molecule has 0 aromatic heterocycles. The summed E-state index contributed by atoms with van der Waals surface area (Å²) in [6, 6.07) is 4.43. The third-order valence-corrected chi connectivity index (χ3v) is 3.66. The van der Waals surface area contributed by atoms with Crippen molar-refractivity contribution in [3.63, 3.8) is 0 Å². The summed E-state index contributed by atoms with van der Waals surface area (Å²) in [5, 5.41) is 9.79. The Morgan fingerprint density at radius 2 is 2.33 bits per heavy atom. The number of phenolic OH excluding ortho intramolecular Hbond substituents is 1. The molecule has 1 aromatic rings. The molecular formula is C13H17ClN2O2. The molecule has 1 heterocycles. The third-order valence-electron chi connectivity index (χ3n) is 3.33. The van der Waals surface area contributed by atoms with Crippen LogP contribution in [0.25, 0.3) is 0 Å². The molecular weight excluding hydrogens is 252 g/mol. The maximum Gasteiger partial charge on any atom is 0.255 e. The summed E-state index contributed by atoms with van der Waals surface area (Å²) >= 11 is 5.99. The third kappa shape index (κ3) is 2.76. The number of phenols is 1. The number of carbonyl (C=O) groups excluding carboxylic acids is 1. The summed E-state index contributed by atoms with van der Waals surface area (Å²) in [7, 11) is 0. The fraction of sp³-hybridized carbons (Fsp3) is 0.462. The molecule has 1 aromatic carbocycles. The Bertz CT molecular complexity index is 451. The van der Waals surface area contributed by atoms with Crippen molar-refractivity contribution in [3.05, 3.63) is 28.8 Å². The van der Waals surface area contributed by atoms with E-state index in [2.05, 4.69) is 0 Å². The number of carbonyl (C=O) groups is 1. The smallest absolute Gasteiger partial charge is 0.255 e. The van der Waals surface area contributed by atoms with Crippen molar-refractivity contribution in [2.24, 2.45) is 11.7 Å². The van der Waals surface area contributed by atoms with Crippen LogP contribution in [0.5, 0.6) is 5.75 Å². The van der Waals surface area contributed by atoms with Gasteiger partial charge in [0.15, 0.2) is 0 Å². The van der Waals surface area contributed by atoms with Crippen LogP contribution in [0.3, 0.4) is 0 Å². The van der Waals surface area contributed by atoms with Crippen molar-refractivity contribution in [3.8, 4) is 5.75 Å². The van der Waals surface area contributed by atoms with Crippen molar-refractivity contribution >= 4 is 17.5 Å². The van der Waals surface area contributed by atoms with Gasteiger partial charge < -0.3 is 15.7 Å². The van der Waals surface area contributed by atoms with Gasteiger partial charge in [0.2, 0.25) is 0 Å². The molecule has 1 unspecified atom stereocenters. The van der Waals surface area contributed by atoms with Crippen LogP contribution < -0.4 is 5.73 Å². The molecule has 0 radical (unpaired) electrons. The molecule has 1 fully saturated rings. The number of benzene rings is 1. The number of nitrogens with zero attached hydrogens (tertiary/aromatic N) is 1. The Balaban J connectivity index is 2.10. The van der Waals surface area contributed by atoms with Crippen LogP contribution in [0.4, 0.5) is 0 Å². The topological polar surface area (TPSA) is 66.6 Å². The lowest BCUT2D eigenvalue weighted by Crippen LogP contribution is -2.29. The predicted octanol–water partition coefficient (Wildman–Crippen LogP) is 1.86. The molecule has 1 aliphatic heterocycles. The highest BCUT2D eigenvalue weighted by molar-refractivity contribution is 6.33. The van der Waals surface area contributed by atoms with Crippen LogP contribution in [-0.4, -0.2) is 35.5 Å². The molecule has 0 saturated carbocycles. The SMILES string of the molecule is NCCC1CCN(C(=O)c2cc(O)ccc2Cl)C1. The second kappa shape index (κ2) is 5.59. The Hall–Kier alpha value is -1.26. The second-order valence-corrected chi connectivity index (χ2v) is 5.05. The van der Waals surface area contributed by atoms with Crippen molar-refractivity contribution in [1.29, 1.82) is 0 Å². The average Bonchev–Trinajstić information content (AvgIpc) is 2.80. The number of aromatic hydroxyl groups is 1. The maximum atomic E-state index is 12.3. The normalized spacial score (nSPS) is 19.2. The fourth-order valence-electron chi connectivity index (χ4n) is 2.34. The highest BCUT2D eigenvalue weighted by Crippen LogP contribution is 2.26. The molecule has 0 aliphatic carbocycles. The molecule has 1 amide bonds. The number of nitrogens with two attached hydrogens (primary N) is 1. The minimum Gasteiger partial charge on any atom is -0.508 e. The lowest BCUT2D eigenvalue weighted by Gasteiger charge is -2.17. The lowest BCUT2D eigenvalue weighted by atomic mass is 10.1. The minimum absolute atomic E-state index is 0.0560. The molecule has 4 nitrogen and oxygen atoms in total. The Kier molecular flexibility index (Phi) is 4.09. The van der Waals surface area contributed by atoms with E-state index in [1.54, 1.807) is 4.90 Å². The van der Waals surface area contributed by atoms with Crippen molar-refractivity contribution in [1.82, 2.24) is 4.90 Å². The predicted molar refractivity (Wildman–Crippen MR) is 70.8 cm³/mol. The zero-order valence-corrected chi connectivity index (χ0v) is 10.9. The standard InChI is InChI=1S/C13H17ClN2O2/c14-12-2-1-10(17)7-11(12)13(18)16-6-4-9(8-16)3-5-15/h1-2,7,9,17H,3-6,8,15H2. The van der Waals surface area contributed by atoms with Gasteiger partial charge in [-0.05, 0) is 43.5 Å². The first-order chi connectivity index (χ1) is 8.61.